The van der Waals surface area contributed by atoms with E-state index in [1.54, 1.807) is 49.4 Å². The molecular weight excluding hydrogens is 437 g/mol. The van der Waals surface area contributed by atoms with Gasteiger partial charge in [-0.2, -0.15) is 0 Å². The first kappa shape index (κ1) is 21.0. The van der Waals surface area contributed by atoms with Crippen LogP contribution < -0.4 is 10.5 Å². The number of ether oxygens (including phenoxy) is 1. The SMILES string of the molecule is C[C@@H](N)c1cccc(-c2cc(Br)cc(COc3ccccc3CC(=O)O)c2)c1F. The molecule has 0 amide bonds. The maximum Gasteiger partial charge on any atom is 0.307 e. The van der Waals surface area contributed by atoms with E-state index in [0.29, 0.717) is 28.0 Å². The van der Waals surface area contributed by atoms with E-state index < -0.39 is 12.0 Å². The molecule has 4 nitrogen and oxygen atoms in total. The van der Waals surface area contributed by atoms with Gasteiger partial charge in [-0.3, -0.25) is 4.79 Å². The fourth-order valence-electron chi connectivity index (χ4n) is 3.13. The van der Waals surface area contributed by atoms with Gasteiger partial charge in [0.15, 0.2) is 0 Å². The Morgan fingerprint density at radius 2 is 1.93 bits per heavy atom. The first-order valence-corrected chi connectivity index (χ1v) is 9.90. The summed E-state index contributed by atoms with van der Waals surface area (Å²) < 4.78 is 21.6. The maximum absolute atomic E-state index is 14.9. The second kappa shape index (κ2) is 9.20. The molecule has 0 radical (unpaired) electrons. The van der Waals surface area contributed by atoms with Crippen molar-refractivity contribution in [1.82, 2.24) is 0 Å². The number of carboxylic acids is 1. The molecule has 1 atom stereocenters. The lowest BCUT2D eigenvalue weighted by Crippen LogP contribution is -2.08. The van der Waals surface area contributed by atoms with Crippen LogP contribution in [0.5, 0.6) is 5.75 Å². The van der Waals surface area contributed by atoms with E-state index in [0.717, 1.165) is 10.0 Å². The van der Waals surface area contributed by atoms with Crippen LogP contribution in [0.15, 0.2) is 65.1 Å². The van der Waals surface area contributed by atoms with Crippen LogP contribution in [0.1, 0.15) is 29.7 Å². The van der Waals surface area contributed by atoms with Crippen LogP contribution >= 0.6 is 15.9 Å². The van der Waals surface area contributed by atoms with Crippen molar-refractivity contribution in [2.75, 3.05) is 0 Å². The lowest BCUT2D eigenvalue weighted by Gasteiger charge is -2.14. The minimum atomic E-state index is -0.921. The third-order valence-electron chi connectivity index (χ3n) is 4.50. The molecule has 0 heterocycles. The van der Waals surface area contributed by atoms with E-state index in [1.165, 1.54) is 0 Å². The summed E-state index contributed by atoms with van der Waals surface area (Å²) in [5, 5.41) is 9.06. The van der Waals surface area contributed by atoms with E-state index in [-0.39, 0.29) is 18.8 Å². The van der Waals surface area contributed by atoms with E-state index in [2.05, 4.69) is 15.9 Å². The molecule has 0 aromatic heterocycles. The Bertz CT molecular complexity index is 1040. The first-order chi connectivity index (χ1) is 13.8. The van der Waals surface area contributed by atoms with Gasteiger partial charge in [0.1, 0.15) is 18.2 Å². The number of hydrogen-bond acceptors (Lipinski definition) is 3. The van der Waals surface area contributed by atoms with Crippen molar-refractivity contribution < 1.29 is 19.0 Å². The van der Waals surface area contributed by atoms with Crippen LogP contribution in [-0.2, 0) is 17.8 Å². The highest BCUT2D eigenvalue weighted by atomic mass is 79.9. The number of nitrogens with two attached hydrogens (primary N) is 1. The highest BCUT2D eigenvalue weighted by Crippen LogP contribution is 2.31. The predicted octanol–water partition coefficient (Wildman–Crippen LogP) is 5.48. The maximum atomic E-state index is 14.9. The van der Waals surface area contributed by atoms with Crippen LogP contribution in [0.3, 0.4) is 0 Å². The molecule has 3 N–H and O–H groups in total. The van der Waals surface area contributed by atoms with Crippen molar-refractivity contribution >= 4 is 21.9 Å². The van der Waals surface area contributed by atoms with Crippen molar-refractivity contribution in [3.63, 3.8) is 0 Å². The van der Waals surface area contributed by atoms with Crippen LogP contribution in [0, 0.1) is 5.82 Å². The molecule has 3 rings (SSSR count). The first-order valence-electron chi connectivity index (χ1n) is 9.11. The van der Waals surface area contributed by atoms with Gasteiger partial charge in [0.05, 0.1) is 6.42 Å². The molecule has 29 heavy (non-hydrogen) atoms. The highest BCUT2D eigenvalue weighted by molar-refractivity contribution is 9.10. The summed E-state index contributed by atoms with van der Waals surface area (Å²) in [7, 11) is 0. The Labute approximate surface area is 177 Å². The number of carbonyl (C=O) groups is 1. The molecule has 3 aromatic carbocycles. The van der Waals surface area contributed by atoms with Gasteiger partial charge in [-0.05, 0) is 42.3 Å². The summed E-state index contributed by atoms with van der Waals surface area (Å²) in [6.07, 6.45) is -0.116. The molecule has 0 aliphatic carbocycles. The third-order valence-corrected chi connectivity index (χ3v) is 4.95. The number of hydrogen-bond donors (Lipinski definition) is 2. The Kier molecular flexibility index (Phi) is 6.67. The predicted molar refractivity (Wildman–Crippen MR) is 114 cm³/mol. The van der Waals surface area contributed by atoms with Crippen molar-refractivity contribution in [2.45, 2.75) is 26.0 Å². The lowest BCUT2D eigenvalue weighted by atomic mass is 9.98. The summed E-state index contributed by atoms with van der Waals surface area (Å²) in [6, 6.07) is 17.4. The van der Waals surface area contributed by atoms with Crippen molar-refractivity contribution in [1.29, 1.82) is 0 Å². The van der Waals surface area contributed by atoms with Gasteiger partial charge in [0.2, 0.25) is 0 Å². The fraction of sp³-hybridized carbons (Fsp3) is 0.174. The van der Waals surface area contributed by atoms with Gasteiger partial charge < -0.3 is 15.6 Å². The summed E-state index contributed by atoms with van der Waals surface area (Å²) in [5.41, 5.74) is 8.93. The zero-order valence-electron chi connectivity index (χ0n) is 15.9. The largest absolute Gasteiger partial charge is 0.489 e. The fourth-order valence-corrected chi connectivity index (χ4v) is 3.67. The second-order valence-electron chi connectivity index (χ2n) is 6.81. The number of benzene rings is 3. The van der Waals surface area contributed by atoms with Crippen LogP contribution in [0.2, 0.25) is 0 Å². The normalized spacial score (nSPS) is 11.9. The average Bonchev–Trinajstić information content (AvgIpc) is 2.66. The zero-order chi connectivity index (χ0) is 21.0. The van der Waals surface area contributed by atoms with E-state index in [4.69, 9.17) is 15.6 Å². The van der Waals surface area contributed by atoms with Gasteiger partial charge in [0.25, 0.3) is 0 Å². The highest BCUT2D eigenvalue weighted by Gasteiger charge is 2.14. The smallest absolute Gasteiger partial charge is 0.307 e. The van der Waals surface area contributed by atoms with Crippen molar-refractivity contribution in [3.05, 3.63) is 87.6 Å². The minimum absolute atomic E-state index is 0.116. The minimum Gasteiger partial charge on any atom is -0.489 e. The molecule has 0 saturated carbocycles. The van der Waals surface area contributed by atoms with Gasteiger partial charge in [-0.25, -0.2) is 4.39 Å². The Balaban J connectivity index is 1.88. The molecule has 3 aromatic rings. The molecule has 0 saturated heterocycles. The monoisotopic (exact) mass is 457 g/mol. The molecule has 0 aliphatic rings. The summed E-state index contributed by atoms with van der Waals surface area (Å²) in [5.74, 6) is -0.740. The number of halogens is 2. The zero-order valence-corrected chi connectivity index (χ0v) is 17.4. The van der Waals surface area contributed by atoms with Crippen molar-refractivity contribution in [3.8, 4) is 16.9 Å². The Morgan fingerprint density at radius 1 is 1.17 bits per heavy atom. The number of carboxylic acid groups (broad SMARTS) is 1. The van der Waals surface area contributed by atoms with Crippen LogP contribution in [0.25, 0.3) is 11.1 Å². The van der Waals surface area contributed by atoms with E-state index in [1.807, 2.05) is 18.2 Å². The second-order valence-corrected chi connectivity index (χ2v) is 7.73. The molecule has 0 aliphatic heterocycles. The third kappa shape index (κ3) is 5.22. The molecule has 0 unspecified atom stereocenters. The number of aliphatic carboxylic acids is 1. The van der Waals surface area contributed by atoms with Gasteiger partial charge in [0, 0.05) is 27.2 Å². The van der Waals surface area contributed by atoms with Crippen LogP contribution in [0.4, 0.5) is 4.39 Å². The van der Waals surface area contributed by atoms with E-state index >= 15 is 0 Å². The molecule has 0 bridgehead atoms. The summed E-state index contributed by atoms with van der Waals surface area (Å²) in [6.45, 7) is 1.97. The standard InChI is InChI=1S/C23H21BrFNO3/c1-14(26)19-6-4-7-20(23(19)25)17-9-15(10-18(24)11-17)13-29-21-8-3-2-5-16(21)12-22(27)28/h2-11,14H,12-13,26H2,1H3,(H,27,28)/t14-/m1/s1. The lowest BCUT2D eigenvalue weighted by molar-refractivity contribution is -0.136. The topological polar surface area (TPSA) is 72.5 Å². The molecular formula is C23H21BrFNO3. The van der Waals surface area contributed by atoms with Crippen LogP contribution in [-0.4, -0.2) is 11.1 Å². The van der Waals surface area contributed by atoms with Gasteiger partial charge in [-0.15, -0.1) is 0 Å². The molecule has 0 fully saturated rings. The van der Waals surface area contributed by atoms with Gasteiger partial charge >= 0.3 is 5.97 Å². The molecule has 150 valence electrons. The van der Waals surface area contributed by atoms with Crippen molar-refractivity contribution in [2.24, 2.45) is 5.73 Å². The Hall–Kier alpha value is -2.70. The Morgan fingerprint density at radius 3 is 2.66 bits per heavy atom. The van der Waals surface area contributed by atoms with E-state index in [9.17, 15) is 9.18 Å². The summed E-state index contributed by atoms with van der Waals surface area (Å²) in [4.78, 5) is 11.0. The molecule has 6 heteroatoms. The molecule has 0 spiro atoms. The average molecular weight is 458 g/mol. The quantitative estimate of drug-likeness (QED) is 0.492. The number of rotatable bonds is 7. The number of para-hydroxylation sites is 1. The summed E-state index contributed by atoms with van der Waals surface area (Å²) >= 11 is 3.48. The van der Waals surface area contributed by atoms with Gasteiger partial charge in [-0.1, -0.05) is 52.3 Å².